The number of rotatable bonds is 3. The Labute approximate surface area is 155 Å². The summed E-state index contributed by atoms with van der Waals surface area (Å²) in [4.78, 5) is 6.81. The van der Waals surface area contributed by atoms with Crippen LogP contribution in [0.2, 0.25) is 0 Å². The lowest BCUT2D eigenvalue weighted by Gasteiger charge is -2.26. The summed E-state index contributed by atoms with van der Waals surface area (Å²) in [5.41, 5.74) is 0.561. The van der Waals surface area contributed by atoms with Gasteiger partial charge in [0.05, 0.1) is 0 Å². The standard InChI is InChI=1S/C16H31N3OS.HI/c1-15(2,3)21(20)12-10-18-14(17-4)19-11-9-16(13-19)7-5-6-8-16;/h5-13H2,1-4H3,(H,17,18);1H. The highest BCUT2D eigenvalue weighted by Crippen LogP contribution is 2.45. The summed E-state index contributed by atoms with van der Waals surface area (Å²) in [6.45, 7) is 9.09. The zero-order valence-electron chi connectivity index (χ0n) is 14.5. The van der Waals surface area contributed by atoms with Crippen molar-refractivity contribution in [2.24, 2.45) is 10.4 Å². The van der Waals surface area contributed by atoms with Crippen LogP contribution >= 0.6 is 24.0 Å². The number of halogens is 1. The molecule has 0 aromatic rings. The number of hydrogen-bond acceptors (Lipinski definition) is 2. The summed E-state index contributed by atoms with van der Waals surface area (Å²) in [6, 6.07) is 0. The van der Waals surface area contributed by atoms with Gasteiger partial charge in [-0.15, -0.1) is 24.0 Å². The summed E-state index contributed by atoms with van der Waals surface area (Å²) >= 11 is 0. The van der Waals surface area contributed by atoms with E-state index in [9.17, 15) is 4.21 Å². The molecule has 6 heteroatoms. The second-order valence-corrected chi connectivity index (χ2v) is 9.84. The van der Waals surface area contributed by atoms with Gasteiger partial charge in [0.15, 0.2) is 5.96 Å². The minimum absolute atomic E-state index is 0. The van der Waals surface area contributed by atoms with Crippen LogP contribution in [-0.4, -0.2) is 52.3 Å². The third-order valence-electron chi connectivity index (χ3n) is 4.87. The van der Waals surface area contributed by atoms with Gasteiger partial charge in [0.1, 0.15) is 0 Å². The SMILES string of the molecule is CN=C(NCCS(=O)C(C)(C)C)N1CCC2(CCCC2)C1.I. The van der Waals surface area contributed by atoms with Crippen LogP contribution in [0.15, 0.2) is 4.99 Å². The van der Waals surface area contributed by atoms with Crippen LogP contribution in [0.3, 0.4) is 0 Å². The van der Waals surface area contributed by atoms with E-state index in [1.165, 1.54) is 32.1 Å². The minimum Gasteiger partial charge on any atom is -0.355 e. The summed E-state index contributed by atoms with van der Waals surface area (Å²) < 4.78 is 11.9. The lowest BCUT2D eigenvalue weighted by atomic mass is 9.86. The number of aliphatic imine (C=N–C) groups is 1. The van der Waals surface area contributed by atoms with Crippen LogP contribution in [0.5, 0.6) is 0 Å². The molecule has 2 aliphatic rings. The fourth-order valence-corrected chi connectivity index (χ4v) is 4.44. The van der Waals surface area contributed by atoms with E-state index in [1.54, 1.807) is 0 Å². The third-order valence-corrected chi connectivity index (χ3v) is 6.81. The Balaban J connectivity index is 0.00000242. The molecule has 1 spiro atoms. The Morgan fingerprint density at radius 2 is 1.91 bits per heavy atom. The molecule has 0 bridgehead atoms. The van der Waals surface area contributed by atoms with Gasteiger partial charge in [-0.3, -0.25) is 9.20 Å². The Morgan fingerprint density at radius 1 is 1.27 bits per heavy atom. The quantitative estimate of drug-likeness (QED) is 0.416. The highest BCUT2D eigenvalue weighted by atomic mass is 127. The maximum absolute atomic E-state index is 12.1. The molecule has 1 unspecified atom stereocenters. The van der Waals surface area contributed by atoms with Crippen molar-refractivity contribution >= 4 is 40.7 Å². The van der Waals surface area contributed by atoms with Crippen LogP contribution in [0.1, 0.15) is 52.9 Å². The highest BCUT2D eigenvalue weighted by molar-refractivity contribution is 14.0. The Bertz CT molecular complexity index is 414. The first-order valence-electron chi connectivity index (χ1n) is 8.20. The number of hydrogen-bond donors (Lipinski definition) is 1. The zero-order chi connectivity index (χ0) is 15.5. The first-order chi connectivity index (χ1) is 9.86. The fourth-order valence-electron chi connectivity index (χ4n) is 3.54. The van der Waals surface area contributed by atoms with Gasteiger partial charge in [0, 0.05) is 48.0 Å². The van der Waals surface area contributed by atoms with Crippen LogP contribution in [0, 0.1) is 5.41 Å². The first-order valence-corrected chi connectivity index (χ1v) is 9.52. The Kier molecular flexibility index (Phi) is 7.63. The molecule has 22 heavy (non-hydrogen) atoms. The molecule has 0 radical (unpaired) electrons. The second kappa shape index (κ2) is 8.31. The molecule has 4 nitrogen and oxygen atoms in total. The molecule has 0 amide bonds. The van der Waals surface area contributed by atoms with Gasteiger partial charge in [-0.1, -0.05) is 12.8 Å². The van der Waals surface area contributed by atoms with Crippen molar-refractivity contribution in [2.75, 3.05) is 32.4 Å². The van der Waals surface area contributed by atoms with Crippen LogP contribution < -0.4 is 5.32 Å². The van der Waals surface area contributed by atoms with E-state index >= 15 is 0 Å². The molecule has 0 aromatic heterocycles. The van der Waals surface area contributed by atoms with E-state index in [1.807, 2.05) is 27.8 Å². The molecule has 1 N–H and O–H groups in total. The van der Waals surface area contributed by atoms with Gasteiger partial charge in [0.2, 0.25) is 0 Å². The van der Waals surface area contributed by atoms with Crippen molar-refractivity contribution in [1.29, 1.82) is 0 Å². The molecular weight excluding hydrogens is 409 g/mol. The molecule has 1 saturated heterocycles. The van der Waals surface area contributed by atoms with Crippen molar-refractivity contribution in [3.8, 4) is 0 Å². The molecule has 1 heterocycles. The Morgan fingerprint density at radius 3 is 2.45 bits per heavy atom. The molecule has 0 aromatic carbocycles. The maximum Gasteiger partial charge on any atom is 0.193 e. The number of likely N-dealkylation sites (tertiary alicyclic amines) is 1. The minimum atomic E-state index is -0.802. The van der Waals surface area contributed by atoms with E-state index in [0.29, 0.717) is 11.2 Å². The van der Waals surface area contributed by atoms with Crippen molar-refractivity contribution in [3.63, 3.8) is 0 Å². The molecule has 1 aliphatic heterocycles. The van der Waals surface area contributed by atoms with Gasteiger partial charge < -0.3 is 10.2 Å². The van der Waals surface area contributed by atoms with Gasteiger partial charge >= 0.3 is 0 Å². The summed E-state index contributed by atoms with van der Waals surface area (Å²) in [5.74, 6) is 1.67. The normalized spacial score (nSPS) is 22.7. The summed E-state index contributed by atoms with van der Waals surface area (Å²) in [5, 5.41) is 3.40. The molecular formula is C16H32IN3OS. The van der Waals surface area contributed by atoms with Crippen molar-refractivity contribution < 1.29 is 4.21 Å². The van der Waals surface area contributed by atoms with Crippen LogP contribution in [-0.2, 0) is 10.8 Å². The molecule has 1 aliphatic carbocycles. The summed E-state index contributed by atoms with van der Waals surface area (Å²) in [7, 11) is 1.05. The molecule has 2 rings (SSSR count). The number of nitrogens with zero attached hydrogens (tertiary/aromatic N) is 2. The smallest absolute Gasteiger partial charge is 0.193 e. The highest BCUT2D eigenvalue weighted by Gasteiger charge is 2.41. The zero-order valence-corrected chi connectivity index (χ0v) is 17.6. The predicted molar refractivity (Wildman–Crippen MR) is 107 cm³/mol. The molecule has 1 saturated carbocycles. The topological polar surface area (TPSA) is 44.7 Å². The summed E-state index contributed by atoms with van der Waals surface area (Å²) in [6.07, 6.45) is 6.86. The van der Waals surface area contributed by atoms with Crippen LogP contribution in [0.4, 0.5) is 0 Å². The van der Waals surface area contributed by atoms with Gasteiger partial charge in [-0.25, -0.2) is 0 Å². The lowest BCUT2D eigenvalue weighted by Crippen LogP contribution is -2.43. The molecule has 1 atom stereocenters. The number of nitrogens with one attached hydrogen (secondary N) is 1. The first kappa shape index (κ1) is 20.2. The van der Waals surface area contributed by atoms with Crippen molar-refractivity contribution in [3.05, 3.63) is 0 Å². The average molecular weight is 441 g/mol. The van der Waals surface area contributed by atoms with Gasteiger partial charge in [-0.05, 0) is 45.4 Å². The van der Waals surface area contributed by atoms with Crippen molar-refractivity contribution in [1.82, 2.24) is 10.2 Å². The monoisotopic (exact) mass is 441 g/mol. The van der Waals surface area contributed by atoms with Gasteiger partial charge in [-0.2, -0.15) is 0 Å². The number of guanidine groups is 1. The molecule has 2 fully saturated rings. The Hall–Kier alpha value is 0.150. The average Bonchev–Trinajstić information content (AvgIpc) is 3.04. The van der Waals surface area contributed by atoms with E-state index in [4.69, 9.17) is 0 Å². The third kappa shape index (κ3) is 5.08. The maximum atomic E-state index is 12.1. The predicted octanol–water partition coefficient (Wildman–Crippen LogP) is 2.99. The van der Waals surface area contributed by atoms with E-state index in [0.717, 1.165) is 25.6 Å². The van der Waals surface area contributed by atoms with E-state index in [-0.39, 0.29) is 28.7 Å². The second-order valence-electron chi connectivity index (χ2n) is 7.51. The van der Waals surface area contributed by atoms with Crippen LogP contribution in [0.25, 0.3) is 0 Å². The van der Waals surface area contributed by atoms with Gasteiger partial charge in [0.25, 0.3) is 0 Å². The van der Waals surface area contributed by atoms with Crippen molar-refractivity contribution in [2.45, 2.75) is 57.6 Å². The largest absolute Gasteiger partial charge is 0.355 e. The molecule has 130 valence electrons. The fraction of sp³-hybridized carbons (Fsp3) is 0.938. The van der Waals surface area contributed by atoms with E-state index in [2.05, 4.69) is 15.2 Å². The van der Waals surface area contributed by atoms with E-state index < -0.39 is 10.8 Å². The lowest BCUT2D eigenvalue weighted by molar-refractivity contribution is 0.309.